The van der Waals surface area contributed by atoms with E-state index >= 15 is 0 Å². The van der Waals surface area contributed by atoms with Crippen LogP contribution in [0.1, 0.15) is 12.0 Å². The molecular weight excluding hydrogens is 216 g/mol. The smallest absolute Gasteiger partial charge is 0.231 e. The molecule has 1 aromatic carbocycles. The first-order chi connectivity index (χ1) is 8.42. The molecule has 2 aliphatic rings. The molecule has 1 aromatic rings. The second kappa shape index (κ2) is 4.94. The molecule has 3 rings (SSSR count). The van der Waals surface area contributed by atoms with Crippen LogP contribution in [0.15, 0.2) is 18.2 Å². The van der Waals surface area contributed by atoms with Gasteiger partial charge in [0.2, 0.25) is 6.79 Å². The number of rotatable bonds is 4. The van der Waals surface area contributed by atoms with E-state index < -0.39 is 0 Å². The highest BCUT2D eigenvalue weighted by Crippen LogP contribution is 2.32. The molecule has 2 N–H and O–H groups in total. The molecule has 2 heterocycles. The quantitative estimate of drug-likeness (QED) is 0.819. The summed E-state index contributed by atoms with van der Waals surface area (Å²) in [6.45, 7) is 4.64. The Morgan fingerprint density at radius 2 is 2.24 bits per heavy atom. The summed E-state index contributed by atoms with van der Waals surface area (Å²) in [4.78, 5) is 0. The zero-order valence-corrected chi connectivity index (χ0v) is 9.87. The molecule has 0 radical (unpaired) electrons. The van der Waals surface area contributed by atoms with Crippen molar-refractivity contribution in [2.45, 2.75) is 13.0 Å². The SMILES string of the molecule is c1cc2c(cc1CNCC1CCNC1)OCO2. The molecule has 0 bridgehead atoms. The van der Waals surface area contributed by atoms with E-state index in [1.165, 1.54) is 12.0 Å². The van der Waals surface area contributed by atoms with Crippen molar-refractivity contribution in [3.05, 3.63) is 23.8 Å². The van der Waals surface area contributed by atoms with Crippen LogP contribution in [0.3, 0.4) is 0 Å². The standard InChI is InChI=1S/C13H18N2O2/c1-2-12-13(17-9-16-12)5-10(1)6-15-8-11-3-4-14-7-11/h1-2,5,11,14-15H,3-4,6-9H2. The predicted octanol–water partition coefficient (Wildman–Crippen LogP) is 1.11. The van der Waals surface area contributed by atoms with E-state index in [0.29, 0.717) is 6.79 Å². The van der Waals surface area contributed by atoms with Crippen molar-refractivity contribution < 1.29 is 9.47 Å². The van der Waals surface area contributed by atoms with Crippen LogP contribution in [0.4, 0.5) is 0 Å². The number of hydrogen-bond acceptors (Lipinski definition) is 4. The second-order valence-electron chi connectivity index (χ2n) is 4.68. The minimum Gasteiger partial charge on any atom is -0.454 e. The lowest BCUT2D eigenvalue weighted by atomic mass is 10.1. The molecule has 4 nitrogen and oxygen atoms in total. The third kappa shape index (κ3) is 2.53. The van der Waals surface area contributed by atoms with Crippen molar-refractivity contribution in [3.63, 3.8) is 0 Å². The van der Waals surface area contributed by atoms with Gasteiger partial charge in [-0.2, -0.15) is 0 Å². The van der Waals surface area contributed by atoms with Crippen LogP contribution in [0, 0.1) is 5.92 Å². The second-order valence-corrected chi connectivity index (χ2v) is 4.68. The molecule has 92 valence electrons. The lowest BCUT2D eigenvalue weighted by molar-refractivity contribution is 0.174. The van der Waals surface area contributed by atoms with E-state index in [2.05, 4.69) is 22.8 Å². The molecule has 0 saturated carbocycles. The van der Waals surface area contributed by atoms with Gasteiger partial charge in [-0.15, -0.1) is 0 Å². The molecule has 0 aromatic heterocycles. The molecule has 4 heteroatoms. The predicted molar refractivity (Wildman–Crippen MR) is 65.2 cm³/mol. The maximum absolute atomic E-state index is 5.36. The molecule has 1 atom stereocenters. The molecule has 0 amide bonds. The van der Waals surface area contributed by atoms with Crippen LogP contribution in [0.5, 0.6) is 11.5 Å². The first-order valence-electron chi connectivity index (χ1n) is 6.22. The Balaban J connectivity index is 1.51. The Kier molecular flexibility index (Phi) is 3.16. The first kappa shape index (κ1) is 10.9. The van der Waals surface area contributed by atoms with Crippen LogP contribution in [0.2, 0.25) is 0 Å². The third-order valence-electron chi connectivity index (χ3n) is 3.36. The van der Waals surface area contributed by atoms with Gasteiger partial charge in [-0.25, -0.2) is 0 Å². The fraction of sp³-hybridized carbons (Fsp3) is 0.538. The Bertz CT molecular complexity index is 389. The summed E-state index contributed by atoms with van der Waals surface area (Å²) in [5.41, 5.74) is 1.25. The molecule has 17 heavy (non-hydrogen) atoms. The van der Waals surface area contributed by atoms with E-state index in [1.807, 2.05) is 6.07 Å². The average Bonchev–Trinajstić information content (AvgIpc) is 2.98. The number of fused-ring (bicyclic) bond motifs is 1. The average molecular weight is 234 g/mol. The van der Waals surface area contributed by atoms with Gasteiger partial charge in [0.05, 0.1) is 0 Å². The highest BCUT2D eigenvalue weighted by Gasteiger charge is 2.15. The van der Waals surface area contributed by atoms with E-state index in [4.69, 9.17) is 9.47 Å². The maximum Gasteiger partial charge on any atom is 0.231 e. The number of nitrogens with one attached hydrogen (secondary N) is 2. The summed E-state index contributed by atoms with van der Waals surface area (Å²) in [6.07, 6.45) is 1.29. The molecule has 0 spiro atoms. The van der Waals surface area contributed by atoms with Crippen molar-refractivity contribution in [1.82, 2.24) is 10.6 Å². The monoisotopic (exact) mass is 234 g/mol. The van der Waals surface area contributed by atoms with E-state index in [9.17, 15) is 0 Å². The minimum atomic E-state index is 0.347. The molecule has 0 aliphatic carbocycles. The number of benzene rings is 1. The van der Waals surface area contributed by atoms with Crippen LogP contribution < -0.4 is 20.1 Å². The van der Waals surface area contributed by atoms with Gasteiger partial charge < -0.3 is 20.1 Å². The van der Waals surface area contributed by atoms with Crippen molar-refractivity contribution in [3.8, 4) is 11.5 Å². The Morgan fingerprint density at radius 3 is 3.12 bits per heavy atom. The lowest BCUT2D eigenvalue weighted by Gasteiger charge is -2.10. The van der Waals surface area contributed by atoms with Crippen molar-refractivity contribution in [2.24, 2.45) is 5.92 Å². The van der Waals surface area contributed by atoms with E-state index in [1.54, 1.807) is 0 Å². The van der Waals surface area contributed by atoms with E-state index in [-0.39, 0.29) is 0 Å². The summed E-state index contributed by atoms with van der Waals surface area (Å²) < 4.78 is 10.6. The molecular formula is C13H18N2O2. The first-order valence-corrected chi connectivity index (χ1v) is 6.22. The van der Waals surface area contributed by atoms with Crippen LogP contribution in [0.25, 0.3) is 0 Å². The fourth-order valence-electron chi connectivity index (χ4n) is 2.36. The van der Waals surface area contributed by atoms with Gasteiger partial charge in [-0.1, -0.05) is 6.07 Å². The zero-order chi connectivity index (χ0) is 11.5. The van der Waals surface area contributed by atoms with Crippen LogP contribution in [-0.4, -0.2) is 26.4 Å². The van der Waals surface area contributed by atoms with Gasteiger partial charge in [0.15, 0.2) is 11.5 Å². The highest BCUT2D eigenvalue weighted by molar-refractivity contribution is 5.44. The fourth-order valence-corrected chi connectivity index (χ4v) is 2.36. The van der Waals surface area contributed by atoms with Crippen molar-refractivity contribution in [2.75, 3.05) is 26.4 Å². The van der Waals surface area contributed by atoms with Crippen LogP contribution >= 0.6 is 0 Å². The Morgan fingerprint density at radius 1 is 1.29 bits per heavy atom. The number of hydrogen-bond donors (Lipinski definition) is 2. The van der Waals surface area contributed by atoms with Crippen molar-refractivity contribution in [1.29, 1.82) is 0 Å². The third-order valence-corrected chi connectivity index (χ3v) is 3.36. The van der Waals surface area contributed by atoms with E-state index in [0.717, 1.165) is 43.6 Å². The number of ether oxygens (including phenoxy) is 2. The van der Waals surface area contributed by atoms with Gasteiger partial charge in [0, 0.05) is 6.54 Å². The van der Waals surface area contributed by atoms with Crippen molar-refractivity contribution >= 4 is 0 Å². The minimum absolute atomic E-state index is 0.347. The van der Waals surface area contributed by atoms with Crippen LogP contribution in [-0.2, 0) is 6.54 Å². The van der Waals surface area contributed by atoms with Gasteiger partial charge in [0.25, 0.3) is 0 Å². The van der Waals surface area contributed by atoms with Gasteiger partial charge in [-0.3, -0.25) is 0 Å². The normalized spacial score (nSPS) is 22.0. The van der Waals surface area contributed by atoms with Gasteiger partial charge in [-0.05, 0) is 49.7 Å². The zero-order valence-electron chi connectivity index (χ0n) is 9.87. The molecule has 2 aliphatic heterocycles. The molecule has 1 saturated heterocycles. The van der Waals surface area contributed by atoms with Gasteiger partial charge >= 0.3 is 0 Å². The highest BCUT2D eigenvalue weighted by atomic mass is 16.7. The van der Waals surface area contributed by atoms with Gasteiger partial charge in [0.1, 0.15) is 0 Å². The Hall–Kier alpha value is -1.26. The largest absolute Gasteiger partial charge is 0.454 e. The molecule has 1 fully saturated rings. The topological polar surface area (TPSA) is 42.5 Å². The summed E-state index contributed by atoms with van der Waals surface area (Å²) in [5.74, 6) is 2.50. The summed E-state index contributed by atoms with van der Waals surface area (Å²) in [5, 5.41) is 6.88. The molecule has 1 unspecified atom stereocenters. The Labute approximate surface area is 101 Å². The lowest BCUT2D eigenvalue weighted by Crippen LogP contribution is -2.23. The maximum atomic E-state index is 5.36. The summed E-state index contributed by atoms with van der Waals surface area (Å²) in [7, 11) is 0. The summed E-state index contributed by atoms with van der Waals surface area (Å²) in [6, 6.07) is 6.13. The summed E-state index contributed by atoms with van der Waals surface area (Å²) >= 11 is 0.